The molecule has 4 nitrogen and oxygen atoms in total. The number of nitrogens with zero attached hydrogens (tertiary/aromatic N) is 1. The summed E-state index contributed by atoms with van der Waals surface area (Å²) in [6.45, 7) is 3.83. The van der Waals surface area contributed by atoms with Crippen molar-refractivity contribution in [3.63, 3.8) is 0 Å². The van der Waals surface area contributed by atoms with Crippen LogP contribution in [0.15, 0.2) is 0 Å². The number of nitrogens with two attached hydrogens (primary N) is 1. The topological polar surface area (TPSA) is 66.6 Å². The highest BCUT2D eigenvalue weighted by Gasteiger charge is 2.43. The van der Waals surface area contributed by atoms with Crippen molar-refractivity contribution in [2.45, 2.75) is 25.9 Å². The van der Waals surface area contributed by atoms with Crippen molar-refractivity contribution in [3.8, 4) is 0 Å². The Kier molecular flexibility index (Phi) is 2.98. The highest BCUT2D eigenvalue weighted by atomic mass is 16.3. The van der Waals surface area contributed by atoms with Gasteiger partial charge in [-0.3, -0.25) is 4.79 Å². The molecule has 0 aromatic carbocycles. The lowest BCUT2D eigenvalue weighted by Gasteiger charge is -2.21. The van der Waals surface area contributed by atoms with Gasteiger partial charge in [0.25, 0.3) is 0 Å². The summed E-state index contributed by atoms with van der Waals surface area (Å²) in [6, 6.07) is 0. The largest absolute Gasteiger partial charge is 0.393 e. The molecule has 2 fully saturated rings. The molecule has 86 valence electrons. The van der Waals surface area contributed by atoms with E-state index in [0.717, 1.165) is 25.9 Å². The van der Waals surface area contributed by atoms with Gasteiger partial charge in [0, 0.05) is 31.5 Å². The first-order chi connectivity index (χ1) is 7.13. The lowest BCUT2D eigenvalue weighted by atomic mass is 10.00. The second kappa shape index (κ2) is 4.10. The quantitative estimate of drug-likeness (QED) is 0.667. The summed E-state index contributed by atoms with van der Waals surface area (Å²) in [7, 11) is 0. The zero-order chi connectivity index (χ0) is 11.0. The van der Waals surface area contributed by atoms with Gasteiger partial charge in [0.2, 0.25) is 5.91 Å². The van der Waals surface area contributed by atoms with E-state index in [1.807, 2.05) is 11.8 Å². The van der Waals surface area contributed by atoms with E-state index < -0.39 is 0 Å². The first-order valence-electron chi connectivity index (χ1n) is 5.80. The minimum Gasteiger partial charge on any atom is -0.393 e. The molecule has 1 saturated heterocycles. The van der Waals surface area contributed by atoms with Crippen LogP contribution in [-0.4, -0.2) is 41.7 Å². The summed E-state index contributed by atoms with van der Waals surface area (Å²) in [4.78, 5) is 13.8. The Morgan fingerprint density at radius 2 is 2.27 bits per heavy atom. The summed E-state index contributed by atoms with van der Waals surface area (Å²) < 4.78 is 0. The summed E-state index contributed by atoms with van der Waals surface area (Å²) >= 11 is 0. The SMILES string of the molecule is CC(CN)C(=O)N1CC2CCC(O)C2C1. The highest BCUT2D eigenvalue weighted by Crippen LogP contribution is 2.38. The number of hydrogen-bond acceptors (Lipinski definition) is 3. The monoisotopic (exact) mass is 212 g/mol. The first kappa shape index (κ1) is 10.9. The van der Waals surface area contributed by atoms with Crippen molar-refractivity contribution in [1.29, 1.82) is 0 Å². The van der Waals surface area contributed by atoms with E-state index in [9.17, 15) is 9.90 Å². The van der Waals surface area contributed by atoms with Crippen LogP contribution in [0.2, 0.25) is 0 Å². The second-order valence-electron chi connectivity index (χ2n) is 4.95. The van der Waals surface area contributed by atoms with Crippen molar-refractivity contribution in [2.75, 3.05) is 19.6 Å². The maximum absolute atomic E-state index is 11.9. The van der Waals surface area contributed by atoms with Crippen molar-refractivity contribution in [2.24, 2.45) is 23.5 Å². The maximum Gasteiger partial charge on any atom is 0.226 e. The average molecular weight is 212 g/mol. The van der Waals surface area contributed by atoms with Gasteiger partial charge in [-0.05, 0) is 18.8 Å². The smallest absolute Gasteiger partial charge is 0.226 e. The molecule has 3 N–H and O–H groups in total. The Morgan fingerprint density at radius 1 is 1.53 bits per heavy atom. The Hall–Kier alpha value is -0.610. The molecule has 1 heterocycles. The Morgan fingerprint density at radius 3 is 2.87 bits per heavy atom. The van der Waals surface area contributed by atoms with E-state index in [2.05, 4.69) is 0 Å². The first-order valence-corrected chi connectivity index (χ1v) is 5.80. The fraction of sp³-hybridized carbons (Fsp3) is 0.909. The van der Waals surface area contributed by atoms with Crippen molar-refractivity contribution < 1.29 is 9.90 Å². The van der Waals surface area contributed by atoms with Crippen molar-refractivity contribution in [3.05, 3.63) is 0 Å². The van der Waals surface area contributed by atoms with Crippen LogP contribution >= 0.6 is 0 Å². The molecule has 1 aliphatic carbocycles. The minimum atomic E-state index is -0.194. The molecule has 2 rings (SSSR count). The van der Waals surface area contributed by atoms with Gasteiger partial charge in [0.05, 0.1) is 6.10 Å². The minimum absolute atomic E-state index is 0.0824. The van der Waals surface area contributed by atoms with Crippen LogP contribution < -0.4 is 5.73 Å². The fourth-order valence-corrected chi connectivity index (χ4v) is 2.83. The number of likely N-dealkylation sites (tertiary alicyclic amines) is 1. The highest BCUT2D eigenvalue weighted by molar-refractivity contribution is 5.79. The molecule has 0 aromatic heterocycles. The Balaban J connectivity index is 1.96. The lowest BCUT2D eigenvalue weighted by molar-refractivity contribution is -0.134. The van der Waals surface area contributed by atoms with Gasteiger partial charge >= 0.3 is 0 Å². The van der Waals surface area contributed by atoms with E-state index >= 15 is 0 Å². The number of hydrogen-bond donors (Lipinski definition) is 2. The third-order valence-corrected chi connectivity index (χ3v) is 3.91. The molecule has 0 radical (unpaired) electrons. The predicted octanol–water partition coefficient (Wildman–Crippen LogP) is -0.189. The summed E-state index contributed by atoms with van der Waals surface area (Å²) in [6.07, 6.45) is 1.78. The van der Waals surface area contributed by atoms with E-state index in [0.29, 0.717) is 18.4 Å². The zero-order valence-corrected chi connectivity index (χ0v) is 9.22. The molecule has 4 heteroatoms. The number of carbonyl (C=O) groups excluding carboxylic acids is 1. The van der Waals surface area contributed by atoms with E-state index in [4.69, 9.17) is 5.73 Å². The molecule has 1 saturated carbocycles. The number of aliphatic hydroxyl groups is 1. The second-order valence-corrected chi connectivity index (χ2v) is 4.95. The summed E-state index contributed by atoms with van der Waals surface area (Å²) in [5.74, 6) is 0.910. The van der Waals surface area contributed by atoms with Crippen LogP contribution in [0.25, 0.3) is 0 Å². The van der Waals surface area contributed by atoms with Crippen molar-refractivity contribution in [1.82, 2.24) is 4.90 Å². The molecule has 4 unspecified atom stereocenters. The third-order valence-electron chi connectivity index (χ3n) is 3.91. The molecule has 1 aliphatic heterocycles. The number of amides is 1. The van der Waals surface area contributed by atoms with Gasteiger partial charge in [0.15, 0.2) is 0 Å². The Bertz CT molecular complexity index is 257. The van der Waals surface area contributed by atoms with Crippen LogP contribution in [-0.2, 0) is 4.79 Å². The normalized spacial score (nSPS) is 36.7. The van der Waals surface area contributed by atoms with E-state index in [-0.39, 0.29) is 17.9 Å². The summed E-state index contributed by atoms with van der Waals surface area (Å²) in [5.41, 5.74) is 5.49. The average Bonchev–Trinajstić information content (AvgIpc) is 2.79. The van der Waals surface area contributed by atoms with Crippen LogP contribution in [0.4, 0.5) is 0 Å². The van der Waals surface area contributed by atoms with Crippen LogP contribution in [0.5, 0.6) is 0 Å². The maximum atomic E-state index is 11.9. The molecular formula is C11H20N2O2. The molecular weight excluding hydrogens is 192 g/mol. The zero-order valence-electron chi connectivity index (χ0n) is 9.22. The molecule has 4 atom stereocenters. The molecule has 1 amide bonds. The van der Waals surface area contributed by atoms with E-state index in [1.54, 1.807) is 0 Å². The molecule has 0 bridgehead atoms. The molecule has 0 aromatic rings. The van der Waals surface area contributed by atoms with Crippen LogP contribution in [0, 0.1) is 17.8 Å². The lowest BCUT2D eigenvalue weighted by Crippen LogP contribution is -2.37. The van der Waals surface area contributed by atoms with Gasteiger partial charge in [0.1, 0.15) is 0 Å². The van der Waals surface area contributed by atoms with Crippen LogP contribution in [0.1, 0.15) is 19.8 Å². The number of rotatable bonds is 2. The summed E-state index contributed by atoms with van der Waals surface area (Å²) in [5, 5.41) is 9.73. The van der Waals surface area contributed by atoms with Gasteiger partial charge in [-0.2, -0.15) is 0 Å². The standard InChI is InChI=1S/C11H20N2O2/c1-7(4-12)11(15)13-5-8-2-3-10(14)9(8)6-13/h7-10,14H,2-6,12H2,1H3. The number of carbonyl (C=O) groups is 1. The number of fused-ring (bicyclic) bond motifs is 1. The number of aliphatic hydroxyl groups excluding tert-OH is 1. The molecule has 2 aliphatic rings. The van der Waals surface area contributed by atoms with Gasteiger partial charge in [-0.1, -0.05) is 6.92 Å². The Labute approximate surface area is 90.4 Å². The molecule has 15 heavy (non-hydrogen) atoms. The van der Waals surface area contributed by atoms with E-state index in [1.165, 1.54) is 0 Å². The predicted molar refractivity (Wildman–Crippen MR) is 57.0 cm³/mol. The van der Waals surface area contributed by atoms with Gasteiger partial charge in [-0.15, -0.1) is 0 Å². The van der Waals surface area contributed by atoms with Crippen LogP contribution in [0.3, 0.4) is 0 Å². The van der Waals surface area contributed by atoms with Gasteiger partial charge < -0.3 is 15.7 Å². The third kappa shape index (κ3) is 1.88. The molecule has 0 spiro atoms. The van der Waals surface area contributed by atoms with Crippen molar-refractivity contribution >= 4 is 5.91 Å². The fourth-order valence-electron chi connectivity index (χ4n) is 2.83. The van der Waals surface area contributed by atoms with Gasteiger partial charge in [-0.25, -0.2) is 0 Å².